The Kier molecular flexibility index (Phi) is 5.14. The number of thiophene rings is 1. The van der Waals surface area contributed by atoms with E-state index in [0.717, 1.165) is 27.9 Å². The molecule has 3 aromatic rings. The Morgan fingerprint density at radius 1 is 1.41 bits per heavy atom. The van der Waals surface area contributed by atoms with Gasteiger partial charge in [-0.25, -0.2) is 9.97 Å². The lowest BCUT2D eigenvalue weighted by atomic mass is 9.93. The van der Waals surface area contributed by atoms with Crippen LogP contribution in [0.3, 0.4) is 0 Å². The maximum atomic E-state index is 11.0. The van der Waals surface area contributed by atoms with Gasteiger partial charge in [0.1, 0.15) is 22.7 Å². The molecule has 0 fully saturated rings. The monoisotopic (exact) mass is 410 g/mol. The highest BCUT2D eigenvalue weighted by atomic mass is 32.1. The average molecular weight is 411 g/mol. The lowest BCUT2D eigenvalue weighted by molar-refractivity contribution is 0.244. The maximum Gasteiger partial charge on any atom is 0.145 e. The number of benzene rings is 1. The van der Waals surface area contributed by atoms with Crippen LogP contribution in [0.25, 0.3) is 10.2 Å². The number of nitrogen functional groups attached to an aromatic ring is 1. The van der Waals surface area contributed by atoms with Crippen molar-refractivity contribution in [2.75, 3.05) is 11.1 Å². The summed E-state index contributed by atoms with van der Waals surface area (Å²) >= 11 is 1.59. The van der Waals surface area contributed by atoms with Crippen LogP contribution in [0.4, 0.5) is 17.2 Å². The first kappa shape index (κ1) is 19.3. The molecule has 1 unspecified atom stereocenters. The Labute approximate surface area is 172 Å². The number of fused-ring (bicyclic) bond motifs is 3. The van der Waals surface area contributed by atoms with Crippen molar-refractivity contribution in [3.63, 3.8) is 0 Å². The van der Waals surface area contributed by atoms with Gasteiger partial charge in [-0.1, -0.05) is 5.18 Å². The van der Waals surface area contributed by atoms with Crippen LogP contribution in [0.2, 0.25) is 0 Å². The van der Waals surface area contributed by atoms with Crippen molar-refractivity contribution >= 4 is 45.0 Å². The van der Waals surface area contributed by atoms with E-state index in [2.05, 4.69) is 20.5 Å². The van der Waals surface area contributed by atoms with Gasteiger partial charge in [0.05, 0.1) is 23.2 Å². The predicted molar refractivity (Wildman–Crippen MR) is 117 cm³/mol. The standard InChI is InChI=1S/C20H22N6O2S/c1-10(2)28-16-7-14(22)11(8-21)5-15(16)25-19-18-13-4-3-12(26-27)6-17(13)29-20(18)24-9-23-19/h5,7-10,12,21H,3-4,6,22H2,1-2H3,(H,23,24,25). The third kappa shape index (κ3) is 3.65. The minimum Gasteiger partial charge on any atom is -0.489 e. The van der Waals surface area contributed by atoms with E-state index in [9.17, 15) is 4.91 Å². The summed E-state index contributed by atoms with van der Waals surface area (Å²) in [5.41, 5.74) is 8.99. The normalized spacial score (nSPS) is 15.9. The summed E-state index contributed by atoms with van der Waals surface area (Å²) in [7, 11) is 0. The second-order valence-corrected chi connectivity index (χ2v) is 8.41. The van der Waals surface area contributed by atoms with E-state index in [-0.39, 0.29) is 12.1 Å². The highest BCUT2D eigenvalue weighted by molar-refractivity contribution is 7.19. The Morgan fingerprint density at radius 3 is 2.97 bits per heavy atom. The number of rotatable bonds is 6. The zero-order valence-corrected chi connectivity index (χ0v) is 17.0. The van der Waals surface area contributed by atoms with E-state index in [1.165, 1.54) is 18.1 Å². The number of nitrogens with two attached hydrogens (primary N) is 1. The van der Waals surface area contributed by atoms with Gasteiger partial charge < -0.3 is 21.2 Å². The Bertz CT molecular complexity index is 1090. The molecule has 0 saturated heterocycles. The fourth-order valence-corrected chi connectivity index (χ4v) is 4.85. The van der Waals surface area contributed by atoms with Crippen molar-refractivity contribution in [1.29, 1.82) is 5.41 Å². The van der Waals surface area contributed by atoms with Gasteiger partial charge in [0.25, 0.3) is 0 Å². The molecule has 0 bridgehead atoms. The van der Waals surface area contributed by atoms with Gasteiger partial charge in [-0.3, -0.25) is 0 Å². The fourth-order valence-electron chi connectivity index (χ4n) is 3.59. The van der Waals surface area contributed by atoms with Gasteiger partial charge in [-0.05, 0) is 38.3 Å². The summed E-state index contributed by atoms with van der Waals surface area (Å²) in [6.07, 6.45) is 4.87. The molecule has 0 amide bonds. The highest BCUT2D eigenvalue weighted by Gasteiger charge is 2.26. The van der Waals surface area contributed by atoms with Crippen LogP contribution >= 0.6 is 11.3 Å². The van der Waals surface area contributed by atoms with Crippen LogP contribution in [0.5, 0.6) is 5.75 Å². The van der Waals surface area contributed by atoms with Crippen molar-refractivity contribution < 1.29 is 4.74 Å². The number of nitrogens with one attached hydrogen (secondary N) is 2. The van der Waals surface area contributed by atoms with Crippen molar-refractivity contribution in [1.82, 2.24) is 9.97 Å². The smallest absolute Gasteiger partial charge is 0.145 e. The molecule has 1 aliphatic rings. The number of aryl methyl sites for hydroxylation is 1. The molecule has 0 aliphatic heterocycles. The maximum absolute atomic E-state index is 11.0. The molecule has 4 N–H and O–H groups in total. The van der Waals surface area contributed by atoms with E-state index in [1.807, 2.05) is 13.8 Å². The van der Waals surface area contributed by atoms with Gasteiger partial charge >= 0.3 is 0 Å². The SMILES string of the molecule is CC(C)Oc1cc(N)c(C=N)cc1Nc1ncnc2sc3c(c12)CCC(N=O)C3. The molecule has 150 valence electrons. The third-order valence-corrected chi connectivity index (χ3v) is 6.09. The number of anilines is 3. The van der Waals surface area contributed by atoms with E-state index in [4.69, 9.17) is 15.9 Å². The van der Waals surface area contributed by atoms with Gasteiger partial charge in [0, 0.05) is 34.8 Å². The van der Waals surface area contributed by atoms with Gasteiger partial charge in [0.2, 0.25) is 0 Å². The van der Waals surface area contributed by atoms with Crippen LogP contribution in [0, 0.1) is 10.3 Å². The van der Waals surface area contributed by atoms with Crippen molar-refractivity contribution in [3.8, 4) is 5.75 Å². The van der Waals surface area contributed by atoms with Gasteiger partial charge in [-0.15, -0.1) is 11.3 Å². The molecule has 1 aliphatic carbocycles. The number of hydrogen-bond donors (Lipinski definition) is 3. The first-order valence-electron chi connectivity index (χ1n) is 9.45. The Morgan fingerprint density at radius 2 is 2.24 bits per heavy atom. The molecule has 2 heterocycles. The second kappa shape index (κ2) is 7.75. The minimum atomic E-state index is -0.168. The molecular formula is C20H22N6O2S. The zero-order valence-electron chi connectivity index (χ0n) is 16.2. The van der Waals surface area contributed by atoms with Crippen LogP contribution in [0.15, 0.2) is 23.6 Å². The second-order valence-electron chi connectivity index (χ2n) is 7.32. The molecule has 0 spiro atoms. The topological polar surface area (TPSA) is 126 Å². The number of ether oxygens (including phenoxy) is 1. The Balaban J connectivity index is 1.80. The number of nitrogens with zero attached hydrogens (tertiary/aromatic N) is 3. The largest absolute Gasteiger partial charge is 0.489 e. The average Bonchev–Trinajstić information content (AvgIpc) is 3.07. The number of aromatic nitrogens is 2. The van der Waals surface area contributed by atoms with E-state index in [0.29, 0.717) is 34.9 Å². The number of nitroso groups, excluding NO2 is 1. The molecule has 0 saturated carbocycles. The van der Waals surface area contributed by atoms with E-state index < -0.39 is 0 Å². The summed E-state index contributed by atoms with van der Waals surface area (Å²) in [6.45, 7) is 3.89. The molecule has 9 heteroatoms. The van der Waals surface area contributed by atoms with Crippen molar-refractivity contribution in [2.45, 2.75) is 45.3 Å². The van der Waals surface area contributed by atoms with Crippen LogP contribution in [0.1, 0.15) is 36.3 Å². The molecule has 29 heavy (non-hydrogen) atoms. The molecule has 0 radical (unpaired) electrons. The predicted octanol–water partition coefficient (Wildman–Crippen LogP) is 4.43. The Hall–Kier alpha value is -3.07. The quantitative estimate of drug-likeness (QED) is 0.313. The van der Waals surface area contributed by atoms with E-state index >= 15 is 0 Å². The van der Waals surface area contributed by atoms with Gasteiger partial charge in [-0.2, -0.15) is 4.91 Å². The van der Waals surface area contributed by atoms with Crippen LogP contribution < -0.4 is 15.8 Å². The molecule has 1 atom stereocenters. The van der Waals surface area contributed by atoms with Crippen molar-refractivity contribution in [2.24, 2.45) is 5.18 Å². The first-order chi connectivity index (χ1) is 14.0. The molecule has 4 rings (SSSR count). The van der Waals surface area contributed by atoms with Crippen LogP contribution in [-0.2, 0) is 12.8 Å². The highest BCUT2D eigenvalue weighted by Crippen LogP contribution is 2.41. The zero-order chi connectivity index (χ0) is 20.5. The summed E-state index contributed by atoms with van der Waals surface area (Å²) in [6, 6.07) is 3.35. The van der Waals surface area contributed by atoms with Gasteiger partial charge in [0.15, 0.2) is 0 Å². The molecular weight excluding hydrogens is 388 g/mol. The number of hydrogen-bond acceptors (Lipinski definition) is 9. The summed E-state index contributed by atoms with van der Waals surface area (Å²) in [4.78, 5) is 21.9. The molecule has 1 aromatic carbocycles. The van der Waals surface area contributed by atoms with Crippen LogP contribution in [-0.4, -0.2) is 28.3 Å². The lowest BCUT2D eigenvalue weighted by Crippen LogP contribution is -2.15. The first-order valence-corrected chi connectivity index (χ1v) is 10.3. The van der Waals surface area contributed by atoms with Crippen molar-refractivity contribution in [3.05, 3.63) is 39.4 Å². The molecule has 2 aromatic heterocycles. The fraction of sp³-hybridized carbons (Fsp3) is 0.350. The third-order valence-electron chi connectivity index (χ3n) is 4.92. The summed E-state index contributed by atoms with van der Waals surface area (Å²) < 4.78 is 5.93. The summed E-state index contributed by atoms with van der Waals surface area (Å²) in [5.74, 6) is 1.28. The summed E-state index contributed by atoms with van der Waals surface area (Å²) in [5, 5.41) is 15.2. The lowest BCUT2D eigenvalue weighted by Gasteiger charge is -2.19. The van der Waals surface area contributed by atoms with E-state index in [1.54, 1.807) is 23.5 Å². The minimum absolute atomic E-state index is 0.0344. The molecule has 8 nitrogen and oxygen atoms in total.